The van der Waals surface area contributed by atoms with Crippen LogP contribution in [0.5, 0.6) is 0 Å². The number of aryl methyl sites for hydroxylation is 1. The molecule has 3 heteroatoms. The molecule has 2 rings (SSSR count). The van der Waals surface area contributed by atoms with Gasteiger partial charge in [-0.25, -0.2) is 0 Å². The Morgan fingerprint density at radius 3 is 2.88 bits per heavy atom. The van der Waals surface area contributed by atoms with E-state index in [1.807, 2.05) is 30.3 Å². The summed E-state index contributed by atoms with van der Waals surface area (Å²) in [5.74, 6) is 0.124. The van der Waals surface area contributed by atoms with E-state index in [2.05, 4.69) is 5.32 Å². The van der Waals surface area contributed by atoms with Crippen LogP contribution in [0.3, 0.4) is 0 Å². The molecule has 1 N–H and O–H groups in total. The SMILES string of the molecule is O=C(CCc1ccccc1)NC1CCOC1. The predicted octanol–water partition coefficient (Wildman–Crippen LogP) is 1.52. The van der Waals surface area contributed by atoms with Crippen molar-refractivity contribution in [3.8, 4) is 0 Å². The van der Waals surface area contributed by atoms with Gasteiger partial charge in [-0.3, -0.25) is 4.79 Å². The van der Waals surface area contributed by atoms with Crippen LogP contribution >= 0.6 is 0 Å². The van der Waals surface area contributed by atoms with E-state index in [9.17, 15) is 4.79 Å². The first kappa shape index (κ1) is 11.1. The normalized spacial score (nSPS) is 19.6. The summed E-state index contributed by atoms with van der Waals surface area (Å²) in [6.45, 7) is 1.43. The van der Waals surface area contributed by atoms with Crippen LogP contribution in [-0.2, 0) is 16.0 Å². The number of ether oxygens (including phenoxy) is 1. The van der Waals surface area contributed by atoms with E-state index in [0.717, 1.165) is 19.4 Å². The molecule has 0 saturated carbocycles. The van der Waals surface area contributed by atoms with Gasteiger partial charge in [-0.2, -0.15) is 0 Å². The molecule has 1 aromatic rings. The summed E-state index contributed by atoms with van der Waals surface area (Å²) >= 11 is 0. The van der Waals surface area contributed by atoms with E-state index in [4.69, 9.17) is 4.74 Å². The van der Waals surface area contributed by atoms with Crippen molar-refractivity contribution in [2.75, 3.05) is 13.2 Å². The second-order valence-corrected chi connectivity index (χ2v) is 4.11. The Balaban J connectivity index is 1.71. The Hall–Kier alpha value is -1.35. The van der Waals surface area contributed by atoms with Crippen molar-refractivity contribution in [2.45, 2.75) is 25.3 Å². The minimum absolute atomic E-state index is 0.124. The molecule has 1 aromatic carbocycles. The average Bonchev–Trinajstić information content (AvgIpc) is 2.81. The van der Waals surface area contributed by atoms with Gasteiger partial charge in [0.15, 0.2) is 0 Å². The Morgan fingerprint density at radius 1 is 1.38 bits per heavy atom. The lowest BCUT2D eigenvalue weighted by atomic mass is 10.1. The fourth-order valence-corrected chi connectivity index (χ4v) is 1.85. The molecule has 1 amide bonds. The van der Waals surface area contributed by atoms with Gasteiger partial charge in [-0.05, 0) is 18.4 Å². The zero-order valence-corrected chi connectivity index (χ0v) is 9.32. The van der Waals surface area contributed by atoms with Crippen molar-refractivity contribution < 1.29 is 9.53 Å². The summed E-state index contributed by atoms with van der Waals surface area (Å²) in [6, 6.07) is 10.3. The molecule has 0 spiro atoms. The lowest BCUT2D eigenvalue weighted by molar-refractivity contribution is -0.121. The number of rotatable bonds is 4. The Morgan fingerprint density at radius 2 is 2.19 bits per heavy atom. The lowest BCUT2D eigenvalue weighted by Crippen LogP contribution is -2.35. The van der Waals surface area contributed by atoms with Crippen LogP contribution in [0.1, 0.15) is 18.4 Å². The maximum absolute atomic E-state index is 11.6. The molecule has 86 valence electrons. The van der Waals surface area contributed by atoms with Crippen molar-refractivity contribution in [2.24, 2.45) is 0 Å². The van der Waals surface area contributed by atoms with Crippen LogP contribution in [-0.4, -0.2) is 25.2 Å². The molecule has 1 unspecified atom stereocenters. The first-order valence-corrected chi connectivity index (χ1v) is 5.75. The number of benzene rings is 1. The van der Waals surface area contributed by atoms with Crippen molar-refractivity contribution in [3.63, 3.8) is 0 Å². The highest BCUT2D eigenvalue weighted by atomic mass is 16.5. The minimum Gasteiger partial charge on any atom is -0.379 e. The van der Waals surface area contributed by atoms with Gasteiger partial charge in [-0.15, -0.1) is 0 Å². The van der Waals surface area contributed by atoms with Gasteiger partial charge in [0.1, 0.15) is 0 Å². The Labute approximate surface area is 95.8 Å². The number of nitrogens with one attached hydrogen (secondary N) is 1. The van der Waals surface area contributed by atoms with Gasteiger partial charge in [0, 0.05) is 13.0 Å². The maximum atomic E-state index is 11.6. The minimum atomic E-state index is 0.124. The summed E-state index contributed by atoms with van der Waals surface area (Å²) in [4.78, 5) is 11.6. The van der Waals surface area contributed by atoms with Gasteiger partial charge < -0.3 is 10.1 Å². The van der Waals surface area contributed by atoms with Crippen LogP contribution in [0.2, 0.25) is 0 Å². The third-order valence-corrected chi connectivity index (χ3v) is 2.78. The van der Waals surface area contributed by atoms with Crippen molar-refractivity contribution in [3.05, 3.63) is 35.9 Å². The topological polar surface area (TPSA) is 38.3 Å². The van der Waals surface area contributed by atoms with E-state index in [0.29, 0.717) is 13.0 Å². The van der Waals surface area contributed by atoms with Gasteiger partial charge in [-0.1, -0.05) is 30.3 Å². The fraction of sp³-hybridized carbons (Fsp3) is 0.462. The van der Waals surface area contributed by atoms with E-state index in [-0.39, 0.29) is 11.9 Å². The third-order valence-electron chi connectivity index (χ3n) is 2.78. The second-order valence-electron chi connectivity index (χ2n) is 4.11. The van der Waals surface area contributed by atoms with E-state index in [1.165, 1.54) is 5.56 Å². The fourth-order valence-electron chi connectivity index (χ4n) is 1.85. The molecule has 1 heterocycles. The number of hydrogen-bond donors (Lipinski definition) is 1. The van der Waals surface area contributed by atoms with Crippen LogP contribution in [0.4, 0.5) is 0 Å². The average molecular weight is 219 g/mol. The van der Waals surface area contributed by atoms with Gasteiger partial charge >= 0.3 is 0 Å². The number of carbonyl (C=O) groups excluding carboxylic acids is 1. The van der Waals surface area contributed by atoms with Gasteiger partial charge in [0.2, 0.25) is 5.91 Å². The molecule has 1 atom stereocenters. The summed E-state index contributed by atoms with van der Waals surface area (Å²) in [5, 5.41) is 2.99. The zero-order valence-electron chi connectivity index (χ0n) is 9.32. The predicted molar refractivity (Wildman–Crippen MR) is 62.1 cm³/mol. The first-order valence-electron chi connectivity index (χ1n) is 5.75. The van der Waals surface area contributed by atoms with Crippen LogP contribution < -0.4 is 5.32 Å². The van der Waals surface area contributed by atoms with Crippen molar-refractivity contribution >= 4 is 5.91 Å². The Kier molecular flexibility index (Phi) is 3.94. The molecule has 1 fully saturated rings. The second kappa shape index (κ2) is 5.66. The highest BCUT2D eigenvalue weighted by Crippen LogP contribution is 2.05. The molecular formula is C13H17NO2. The van der Waals surface area contributed by atoms with Crippen molar-refractivity contribution in [1.82, 2.24) is 5.32 Å². The number of carbonyl (C=O) groups is 1. The molecule has 0 bridgehead atoms. The first-order chi connectivity index (χ1) is 7.84. The highest BCUT2D eigenvalue weighted by Gasteiger charge is 2.17. The molecule has 1 saturated heterocycles. The van der Waals surface area contributed by atoms with Crippen molar-refractivity contribution in [1.29, 1.82) is 0 Å². The summed E-state index contributed by atoms with van der Waals surface area (Å²) < 4.78 is 5.21. The Bertz CT molecular complexity index is 331. The van der Waals surface area contributed by atoms with Gasteiger partial charge in [0.25, 0.3) is 0 Å². The van der Waals surface area contributed by atoms with Crippen LogP contribution in [0.15, 0.2) is 30.3 Å². The monoisotopic (exact) mass is 219 g/mol. The number of hydrogen-bond acceptors (Lipinski definition) is 2. The molecule has 0 aliphatic carbocycles. The maximum Gasteiger partial charge on any atom is 0.220 e. The van der Waals surface area contributed by atoms with Crippen LogP contribution in [0, 0.1) is 0 Å². The molecule has 3 nitrogen and oxygen atoms in total. The zero-order chi connectivity index (χ0) is 11.2. The van der Waals surface area contributed by atoms with E-state index < -0.39 is 0 Å². The molecule has 1 aliphatic rings. The molecule has 0 aromatic heterocycles. The molecule has 0 radical (unpaired) electrons. The largest absolute Gasteiger partial charge is 0.379 e. The standard InChI is InChI=1S/C13H17NO2/c15-13(14-12-8-9-16-10-12)7-6-11-4-2-1-3-5-11/h1-5,12H,6-10H2,(H,14,15). The molecule has 16 heavy (non-hydrogen) atoms. The smallest absolute Gasteiger partial charge is 0.220 e. The molecule has 1 aliphatic heterocycles. The molecular weight excluding hydrogens is 202 g/mol. The summed E-state index contributed by atoms with van der Waals surface area (Å²) in [6.07, 6.45) is 2.30. The van der Waals surface area contributed by atoms with Crippen LogP contribution in [0.25, 0.3) is 0 Å². The summed E-state index contributed by atoms with van der Waals surface area (Å²) in [5.41, 5.74) is 1.21. The quantitative estimate of drug-likeness (QED) is 0.834. The number of amides is 1. The third kappa shape index (κ3) is 3.35. The summed E-state index contributed by atoms with van der Waals surface area (Å²) in [7, 11) is 0. The van der Waals surface area contributed by atoms with E-state index in [1.54, 1.807) is 0 Å². The highest BCUT2D eigenvalue weighted by molar-refractivity contribution is 5.76. The lowest BCUT2D eigenvalue weighted by Gasteiger charge is -2.10. The van der Waals surface area contributed by atoms with Gasteiger partial charge in [0.05, 0.1) is 12.6 Å². The van der Waals surface area contributed by atoms with E-state index >= 15 is 0 Å².